The predicted octanol–water partition coefficient (Wildman–Crippen LogP) is 4.21. The Morgan fingerprint density at radius 1 is 1.27 bits per heavy atom. The largest absolute Gasteiger partial charge is 0.497 e. The second-order valence-corrected chi connectivity index (χ2v) is 9.50. The zero-order valence-electron chi connectivity index (χ0n) is 16.3. The standard InChI is InChI=1S/C22H31NO2.ClH/c1-21(2)12-19-20-10-16-6-7-17(24-3)11-18(16)22(19,14-25-21)8-9-23(20)13-15-4-5-15;/h6-7,11,15,19-20H,4-5,8-10,12-14H2,1-3H3;1H/t19-,20+,22+;/m0./s1. The average Bonchev–Trinajstić information content (AvgIpc) is 3.40. The third-order valence-electron chi connectivity index (χ3n) is 7.39. The number of hydrogen-bond donors (Lipinski definition) is 0. The molecule has 0 spiro atoms. The lowest BCUT2D eigenvalue weighted by Crippen LogP contribution is -2.65. The van der Waals surface area contributed by atoms with Gasteiger partial charge in [0, 0.05) is 18.0 Å². The van der Waals surface area contributed by atoms with Gasteiger partial charge in [-0.1, -0.05) is 6.07 Å². The second kappa shape index (κ2) is 6.39. The molecule has 26 heavy (non-hydrogen) atoms. The zero-order chi connectivity index (χ0) is 17.2. The molecular formula is C22H32ClNO2. The number of halogens is 1. The van der Waals surface area contributed by atoms with Gasteiger partial charge in [0.05, 0.1) is 19.3 Å². The van der Waals surface area contributed by atoms with Gasteiger partial charge < -0.3 is 9.47 Å². The van der Waals surface area contributed by atoms with Crippen LogP contribution in [0.5, 0.6) is 5.75 Å². The van der Waals surface area contributed by atoms with E-state index in [0.29, 0.717) is 12.0 Å². The van der Waals surface area contributed by atoms with E-state index in [1.807, 2.05) is 0 Å². The number of rotatable bonds is 3. The highest BCUT2D eigenvalue weighted by Crippen LogP contribution is 2.55. The maximum Gasteiger partial charge on any atom is 0.119 e. The first-order valence-corrected chi connectivity index (χ1v) is 10.1. The first-order valence-electron chi connectivity index (χ1n) is 10.1. The number of hydrogen-bond acceptors (Lipinski definition) is 3. The summed E-state index contributed by atoms with van der Waals surface area (Å²) in [6.07, 6.45) is 6.50. The van der Waals surface area contributed by atoms with Crippen LogP contribution in [0, 0.1) is 11.8 Å². The molecule has 3 fully saturated rings. The van der Waals surface area contributed by atoms with Gasteiger partial charge in [-0.15, -0.1) is 12.4 Å². The van der Waals surface area contributed by atoms with E-state index < -0.39 is 0 Å². The van der Waals surface area contributed by atoms with Gasteiger partial charge in [-0.25, -0.2) is 0 Å². The van der Waals surface area contributed by atoms with Gasteiger partial charge in [0.2, 0.25) is 0 Å². The van der Waals surface area contributed by atoms with Crippen LogP contribution in [0.1, 0.15) is 50.7 Å². The molecule has 2 bridgehead atoms. The van der Waals surface area contributed by atoms with Crippen molar-refractivity contribution in [3.8, 4) is 5.75 Å². The van der Waals surface area contributed by atoms with E-state index in [4.69, 9.17) is 9.47 Å². The van der Waals surface area contributed by atoms with Gasteiger partial charge in [0.1, 0.15) is 5.75 Å². The number of piperidine rings is 1. The summed E-state index contributed by atoms with van der Waals surface area (Å²) in [6.45, 7) is 7.99. The molecule has 3 atom stereocenters. The second-order valence-electron chi connectivity index (χ2n) is 9.50. The molecule has 2 heterocycles. The van der Waals surface area contributed by atoms with Crippen molar-refractivity contribution in [2.75, 3.05) is 26.8 Å². The molecule has 5 rings (SSSR count). The van der Waals surface area contributed by atoms with E-state index in [-0.39, 0.29) is 23.4 Å². The van der Waals surface area contributed by atoms with Crippen LogP contribution >= 0.6 is 12.4 Å². The lowest BCUT2D eigenvalue weighted by molar-refractivity contribution is -0.156. The zero-order valence-corrected chi connectivity index (χ0v) is 17.1. The first kappa shape index (κ1) is 18.6. The van der Waals surface area contributed by atoms with Crippen LogP contribution in [0.15, 0.2) is 18.2 Å². The molecule has 0 aromatic heterocycles. The maximum absolute atomic E-state index is 6.41. The Labute approximate surface area is 163 Å². The van der Waals surface area contributed by atoms with E-state index in [1.54, 1.807) is 7.11 Å². The van der Waals surface area contributed by atoms with Gasteiger partial charge in [-0.2, -0.15) is 0 Å². The van der Waals surface area contributed by atoms with Crippen LogP contribution in [0.4, 0.5) is 0 Å². The molecule has 2 saturated heterocycles. The van der Waals surface area contributed by atoms with Crippen molar-refractivity contribution in [1.82, 2.24) is 4.90 Å². The molecular weight excluding hydrogens is 346 g/mol. The van der Waals surface area contributed by atoms with E-state index >= 15 is 0 Å². The van der Waals surface area contributed by atoms with Gasteiger partial charge in [-0.05, 0) is 87.6 Å². The Morgan fingerprint density at radius 3 is 2.81 bits per heavy atom. The highest BCUT2D eigenvalue weighted by atomic mass is 35.5. The summed E-state index contributed by atoms with van der Waals surface area (Å²) < 4.78 is 12.0. The molecule has 144 valence electrons. The highest BCUT2D eigenvalue weighted by Gasteiger charge is 2.57. The molecule has 4 aliphatic rings. The van der Waals surface area contributed by atoms with Crippen molar-refractivity contribution in [3.63, 3.8) is 0 Å². The summed E-state index contributed by atoms with van der Waals surface area (Å²) in [5.74, 6) is 2.68. The molecule has 0 radical (unpaired) electrons. The number of likely N-dealkylation sites (tertiary alicyclic amines) is 1. The van der Waals surface area contributed by atoms with Crippen LogP contribution in [0.2, 0.25) is 0 Å². The summed E-state index contributed by atoms with van der Waals surface area (Å²) in [5, 5.41) is 0. The average molecular weight is 378 g/mol. The molecule has 1 aromatic rings. The minimum atomic E-state index is 0. The Balaban J connectivity index is 0.00000168. The van der Waals surface area contributed by atoms with Crippen molar-refractivity contribution in [2.24, 2.45) is 11.8 Å². The highest BCUT2D eigenvalue weighted by molar-refractivity contribution is 5.85. The minimum Gasteiger partial charge on any atom is -0.497 e. The summed E-state index contributed by atoms with van der Waals surface area (Å²) in [4.78, 5) is 2.84. The predicted molar refractivity (Wildman–Crippen MR) is 106 cm³/mol. The molecule has 1 saturated carbocycles. The smallest absolute Gasteiger partial charge is 0.119 e. The normalized spacial score (nSPS) is 35.0. The first-order chi connectivity index (χ1) is 12.0. The molecule has 0 unspecified atom stereocenters. The Bertz CT molecular complexity index is 687. The van der Waals surface area contributed by atoms with Crippen molar-refractivity contribution in [1.29, 1.82) is 0 Å². The molecule has 3 nitrogen and oxygen atoms in total. The van der Waals surface area contributed by atoms with E-state index in [2.05, 4.69) is 36.9 Å². The Hall–Kier alpha value is -0.770. The van der Waals surface area contributed by atoms with Crippen LogP contribution in [0.25, 0.3) is 0 Å². The van der Waals surface area contributed by atoms with Crippen molar-refractivity contribution >= 4 is 12.4 Å². The van der Waals surface area contributed by atoms with Gasteiger partial charge >= 0.3 is 0 Å². The summed E-state index contributed by atoms with van der Waals surface area (Å²) in [5.41, 5.74) is 3.26. The molecule has 2 aliphatic carbocycles. The lowest BCUT2D eigenvalue weighted by Gasteiger charge is -2.61. The van der Waals surface area contributed by atoms with E-state index in [0.717, 1.165) is 18.3 Å². The van der Waals surface area contributed by atoms with Crippen molar-refractivity contribution < 1.29 is 9.47 Å². The van der Waals surface area contributed by atoms with Crippen molar-refractivity contribution in [3.05, 3.63) is 29.3 Å². The third kappa shape index (κ3) is 2.87. The minimum absolute atomic E-state index is 0. The fourth-order valence-electron chi connectivity index (χ4n) is 5.83. The van der Waals surface area contributed by atoms with Gasteiger partial charge in [0.15, 0.2) is 0 Å². The van der Waals surface area contributed by atoms with E-state index in [1.165, 1.54) is 56.3 Å². The molecule has 4 heteroatoms. The number of fused-ring (bicyclic) bond motifs is 1. The van der Waals surface area contributed by atoms with E-state index in [9.17, 15) is 0 Å². The molecule has 0 N–H and O–H groups in total. The Morgan fingerprint density at radius 2 is 2.08 bits per heavy atom. The van der Waals surface area contributed by atoms with Crippen LogP contribution in [-0.4, -0.2) is 43.3 Å². The maximum atomic E-state index is 6.41. The number of nitrogens with zero attached hydrogens (tertiary/aromatic N) is 1. The summed E-state index contributed by atoms with van der Waals surface area (Å²) in [6, 6.07) is 7.47. The fourth-order valence-corrected chi connectivity index (χ4v) is 5.83. The Kier molecular flexibility index (Phi) is 4.57. The van der Waals surface area contributed by atoms with Crippen LogP contribution in [-0.2, 0) is 16.6 Å². The third-order valence-corrected chi connectivity index (χ3v) is 7.39. The van der Waals surface area contributed by atoms with Gasteiger partial charge in [0.25, 0.3) is 0 Å². The van der Waals surface area contributed by atoms with Crippen LogP contribution < -0.4 is 4.74 Å². The van der Waals surface area contributed by atoms with Gasteiger partial charge in [-0.3, -0.25) is 4.90 Å². The van der Waals surface area contributed by atoms with Crippen molar-refractivity contribution in [2.45, 2.75) is 63.0 Å². The fraction of sp³-hybridized carbons (Fsp3) is 0.727. The SMILES string of the molecule is COc1ccc2c(c1)[C@]13CCN(CC4CC4)[C@H](C2)[C@@H]1CC(C)(C)OC3.Cl. The molecule has 0 amide bonds. The summed E-state index contributed by atoms with van der Waals surface area (Å²) >= 11 is 0. The topological polar surface area (TPSA) is 21.7 Å². The number of methoxy groups -OCH3 is 1. The quantitative estimate of drug-likeness (QED) is 0.787. The number of benzene rings is 1. The monoisotopic (exact) mass is 377 g/mol. The lowest BCUT2D eigenvalue weighted by atomic mass is 9.54. The number of ether oxygens (including phenoxy) is 2. The summed E-state index contributed by atoms with van der Waals surface area (Å²) in [7, 11) is 1.78. The molecule has 1 aromatic carbocycles. The van der Waals surface area contributed by atoms with Crippen LogP contribution in [0.3, 0.4) is 0 Å². The molecule has 2 aliphatic heterocycles.